The van der Waals surface area contributed by atoms with Crippen molar-refractivity contribution in [2.75, 3.05) is 19.7 Å². The number of ether oxygens (including phenoxy) is 1. The molecule has 2 aromatic carbocycles. The van der Waals surface area contributed by atoms with Crippen molar-refractivity contribution in [2.45, 2.75) is 44.2 Å². The summed E-state index contributed by atoms with van der Waals surface area (Å²) in [5.41, 5.74) is 2.23. The molecule has 0 atom stereocenters. The molecule has 27 heavy (non-hydrogen) atoms. The van der Waals surface area contributed by atoms with Gasteiger partial charge in [-0.25, -0.2) is 8.42 Å². The van der Waals surface area contributed by atoms with E-state index in [1.54, 1.807) is 16.4 Å². The van der Waals surface area contributed by atoms with Crippen molar-refractivity contribution in [1.82, 2.24) is 9.62 Å². The second-order valence-corrected chi connectivity index (χ2v) is 8.79. The molecule has 5 nitrogen and oxygen atoms in total. The third kappa shape index (κ3) is 5.31. The van der Waals surface area contributed by atoms with E-state index in [1.807, 2.05) is 30.3 Å². The highest BCUT2D eigenvalue weighted by atomic mass is 32.2. The smallest absolute Gasteiger partial charge is 0.243 e. The predicted octanol–water partition coefficient (Wildman–Crippen LogP) is 3.55. The lowest BCUT2D eigenvalue weighted by atomic mass is 10.2. The highest BCUT2D eigenvalue weighted by Crippen LogP contribution is 2.21. The van der Waals surface area contributed by atoms with E-state index in [-0.39, 0.29) is 0 Å². The van der Waals surface area contributed by atoms with Gasteiger partial charge in [-0.3, -0.25) is 0 Å². The molecular formula is C21H28N2O3S. The third-order valence-electron chi connectivity index (χ3n) is 4.66. The largest absolute Gasteiger partial charge is 0.494 e. The Kier molecular flexibility index (Phi) is 6.88. The molecule has 1 aliphatic heterocycles. The molecule has 0 bridgehead atoms. The normalized spacial score (nSPS) is 15.1. The fraction of sp³-hybridized carbons (Fsp3) is 0.429. The zero-order valence-electron chi connectivity index (χ0n) is 15.9. The minimum absolute atomic E-state index is 0.383. The van der Waals surface area contributed by atoms with Gasteiger partial charge in [0, 0.05) is 26.2 Å². The Balaban J connectivity index is 1.53. The molecule has 1 N–H and O–H groups in total. The number of benzene rings is 2. The second kappa shape index (κ2) is 9.35. The van der Waals surface area contributed by atoms with Crippen molar-refractivity contribution in [3.63, 3.8) is 0 Å². The van der Waals surface area contributed by atoms with Crippen LogP contribution in [0.2, 0.25) is 0 Å². The van der Waals surface area contributed by atoms with Gasteiger partial charge in [0.2, 0.25) is 10.0 Å². The molecule has 0 radical (unpaired) electrons. The molecule has 6 heteroatoms. The second-order valence-electron chi connectivity index (χ2n) is 6.85. The fourth-order valence-electron chi connectivity index (χ4n) is 3.17. The van der Waals surface area contributed by atoms with Crippen LogP contribution in [0, 0.1) is 0 Å². The lowest BCUT2D eigenvalue weighted by Gasteiger charge is -2.15. The quantitative estimate of drug-likeness (QED) is 0.714. The van der Waals surface area contributed by atoms with E-state index in [2.05, 4.69) is 18.3 Å². The molecular weight excluding hydrogens is 360 g/mol. The first-order valence-corrected chi connectivity index (χ1v) is 11.0. The molecule has 0 saturated carbocycles. The van der Waals surface area contributed by atoms with Crippen molar-refractivity contribution in [3.8, 4) is 5.75 Å². The Morgan fingerprint density at radius 2 is 1.70 bits per heavy atom. The summed E-state index contributed by atoms with van der Waals surface area (Å²) in [7, 11) is -3.33. The first-order valence-electron chi connectivity index (χ1n) is 9.61. The summed E-state index contributed by atoms with van der Waals surface area (Å²) in [5.74, 6) is 0.896. The SMILES string of the molecule is CCCOc1cccc(CNCc2ccc(S(=O)(=O)N3CCCC3)cc2)c1. The van der Waals surface area contributed by atoms with Crippen molar-refractivity contribution in [1.29, 1.82) is 0 Å². The average Bonchev–Trinajstić information content (AvgIpc) is 3.23. The molecule has 1 heterocycles. The zero-order valence-corrected chi connectivity index (χ0v) is 16.7. The van der Waals surface area contributed by atoms with Crippen LogP contribution in [0.25, 0.3) is 0 Å². The van der Waals surface area contributed by atoms with E-state index in [9.17, 15) is 8.42 Å². The lowest BCUT2D eigenvalue weighted by Crippen LogP contribution is -2.27. The Morgan fingerprint density at radius 3 is 2.41 bits per heavy atom. The fourth-order valence-corrected chi connectivity index (χ4v) is 4.69. The van der Waals surface area contributed by atoms with E-state index >= 15 is 0 Å². The molecule has 1 fully saturated rings. The van der Waals surface area contributed by atoms with Gasteiger partial charge in [-0.15, -0.1) is 0 Å². The van der Waals surface area contributed by atoms with Crippen LogP contribution in [-0.4, -0.2) is 32.4 Å². The first kappa shape index (κ1) is 19.9. The number of hydrogen-bond acceptors (Lipinski definition) is 4. The van der Waals surface area contributed by atoms with E-state index < -0.39 is 10.0 Å². The average molecular weight is 389 g/mol. The molecule has 0 spiro atoms. The van der Waals surface area contributed by atoms with Crippen LogP contribution in [0.3, 0.4) is 0 Å². The van der Waals surface area contributed by atoms with Crippen LogP contribution in [0.1, 0.15) is 37.3 Å². The predicted molar refractivity (Wildman–Crippen MR) is 107 cm³/mol. The molecule has 0 unspecified atom stereocenters. The molecule has 1 saturated heterocycles. The number of rotatable bonds is 9. The Bertz CT molecular complexity index is 829. The van der Waals surface area contributed by atoms with Crippen LogP contribution in [-0.2, 0) is 23.1 Å². The van der Waals surface area contributed by atoms with Gasteiger partial charge in [-0.1, -0.05) is 31.2 Å². The highest BCUT2D eigenvalue weighted by molar-refractivity contribution is 7.89. The van der Waals surface area contributed by atoms with Crippen LogP contribution in [0.15, 0.2) is 53.4 Å². The van der Waals surface area contributed by atoms with Crippen LogP contribution in [0.4, 0.5) is 0 Å². The minimum atomic E-state index is -3.33. The summed E-state index contributed by atoms with van der Waals surface area (Å²) in [6.07, 6.45) is 2.89. The van der Waals surface area contributed by atoms with Crippen molar-refractivity contribution in [2.24, 2.45) is 0 Å². The summed E-state index contributed by atoms with van der Waals surface area (Å²) < 4.78 is 32.3. The molecule has 2 aromatic rings. The van der Waals surface area contributed by atoms with Crippen molar-refractivity contribution >= 4 is 10.0 Å². The standard InChI is InChI=1S/C21H28N2O3S/c1-2-14-26-20-7-5-6-19(15-20)17-22-16-18-8-10-21(11-9-18)27(24,25)23-12-3-4-13-23/h5-11,15,22H,2-4,12-14,16-17H2,1H3. The highest BCUT2D eigenvalue weighted by Gasteiger charge is 2.26. The van der Waals surface area contributed by atoms with Gasteiger partial charge in [0.1, 0.15) is 5.75 Å². The van der Waals surface area contributed by atoms with Crippen LogP contribution < -0.4 is 10.1 Å². The van der Waals surface area contributed by atoms with Crippen molar-refractivity contribution in [3.05, 3.63) is 59.7 Å². The molecule has 1 aliphatic rings. The van der Waals surface area contributed by atoms with Gasteiger partial charge in [0.25, 0.3) is 0 Å². The maximum atomic E-state index is 12.6. The van der Waals surface area contributed by atoms with E-state index in [0.29, 0.717) is 24.5 Å². The minimum Gasteiger partial charge on any atom is -0.494 e. The van der Waals surface area contributed by atoms with E-state index in [1.165, 1.54) is 0 Å². The number of sulfonamides is 1. The Morgan fingerprint density at radius 1 is 1.00 bits per heavy atom. The summed E-state index contributed by atoms with van der Waals surface area (Å²) in [5, 5.41) is 3.40. The first-order chi connectivity index (χ1) is 13.1. The summed E-state index contributed by atoms with van der Waals surface area (Å²) >= 11 is 0. The maximum absolute atomic E-state index is 12.6. The number of nitrogens with zero attached hydrogens (tertiary/aromatic N) is 1. The Labute approximate surface area is 162 Å². The van der Waals surface area contributed by atoms with Gasteiger partial charge in [-0.2, -0.15) is 4.31 Å². The molecule has 3 rings (SSSR count). The summed E-state index contributed by atoms with van der Waals surface area (Å²) in [6, 6.07) is 15.3. The zero-order chi connectivity index (χ0) is 19.1. The van der Waals surface area contributed by atoms with Crippen LogP contribution in [0.5, 0.6) is 5.75 Å². The van der Waals surface area contributed by atoms with Gasteiger partial charge in [-0.05, 0) is 54.7 Å². The summed E-state index contributed by atoms with van der Waals surface area (Å²) in [6.45, 7) is 5.50. The van der Waals surface area contributed by atoms with Gasteiger partial charge in [0.05, 0.1) is 11.5 Å². The Hall–Kier alpha value is -1.89. The van der Waals surface area contributed by atoms with Gasteiger partial charge >= 0.3 is 0 Å². The maximum Gasteiger partial charge on any atom is 0.243 e. The third-order valence-corrected chi connectivity index (χ3v) is 6.57. The molecule has 0 amide bonds. The van der Waals surface area contributed by atoms with Gasteiger partial charge in [0.15, 0.2) is 0 Å². The van der Waals surface area contributed by atoms with Gasteiger partial charge < -0.3 is 10.1 Å². The van der Waals surface area contributed by atoms with Crippen LogP contribution >= 0.6 is 0 Å². The molecule has 0 aliphatic carbocycles. The molecule has 146 valence electrons. The van der Waals surface area contributed by atoms with E-state index in [0.717, 1.165) is 49.3 Å². The van der Waals surface area contributed by atoms with E-state index in [4.69, 9.17) is 4.74 Å². The molecule has 0 aromatic heterocycles. The monoisotopic (exact) mass is 388 g/mol. The number of hydrogen-bond donors (Lipinski definition) is 1. The number of nitrogens with one attached hydrogen (secondary N) is 1. The van der Waals surface area contributed by atoms with Crippen molar-refractivity contribution < 1.29 is 13.2 Å². The summed E-state index contributed by atoms with van der Waals surface area (Å²) in [4.78, 5) is 0.383. The lowest BCUT2D eigenvalue weighted by molar-refractivity contribution is 0.317. The topological polar surface area (TPSA) is 58.6 Å².